The Balaban J connectivity index is 1.59. The fourth-order valence-corrected chi connectivity index (χ4v) is 6.06. The van der Waals surface area contributed by atoms with E-state index < -0.39 is 27.9 Å². The third kappa shape index (κ3) is 5.84. The number of carboxylic acid groups (broad SMARTS) is 1. The van der Waals surface area contributed by atoms with Crippen molar-refractivity contribution in [1.29, 1.82) is 0 Å². The molecule has 2 aliphatic heterocycles. The highest BCUT2D eigenvalue weighted by Gasteiger charge is 2.31. The molecule has 0 saturated heterocycles. The van der Waals surface area contributed by atoms with E-state index in [9.17, 15) is 23.1 Å². The average Bonchev–Trinajstić information content (AvgIpc) is 3.29. The van der Waals surface area contributed by atoms with Gasteiger partial charge in [-0.15, -0.1) is 0 Å². The number of amides is 1. The number of sulfonamides is 1. The van der Waals surface area contributed by atoms with Crippen molar-refractivity contribution >= 4 is 78.9 Å². The van der Waals surface area contributed by atoms with Crippen molar-refractivity contribution in [2.24, 2.45) is 0 Å². The maximum absolute atomic E-state index is 13.2. The summed E-state index contributed by atoms with van der Waals surface area (Å²) in [7, 11) is -4.11. The molecule has 2 aromatic rings. The van der Waals surface area contributed by atoms with Crippen LogP contribution < -0.4 is 14.8 Å². The molecule has 9 nitrogen and oxygen atoms in total. The van der Waals surface area contributed by atoms with E-state index >= 15 is 0 Å². The van der Waals surface area contributed by atoms with E-state index in [-0.39, 0.29) is 27.6 Å². The highest BCUT2D eigenvalue weighted by molar-refractivity contribution is 9.10. The van der Waals surface area contributed by atoms with Gasteiger partial charge in [0.25, 0.3) is 15.9 Å². The summed E-state index contributed by atoms with van der Waals surface area (Å²) < 4.78 is 34.0. The summed E-state index contributed by atoms with van der Waals surface area (Å²) in [4.78, 5) is 25.0. The first-order valence-corrected chi connectivity index (χ1v) is 14.0. The molecule has 0 radical (unpaired) electrons. The third-order valence-corrected chi connectivity index (χ3v) is 8.48. The second-order valence-electron chi connectivity index (χ2n) is 7.55. The Kier molecular flexibility index (Phi) is 7.90. The standard InChI is InChI=1S/C22H17BrCl2N4O5S2/c23-13-4-5-14(21(30)27-18(22(31)32)9-12-3-6-15(24)16(25)8-12)17(10-13)28-36(33,34)20-2-1-7-29-19(20)11-26-35-29/h1-8,10-11,18,26,28H,9H2,(H,27,30)(H,31,32)/t18-/m0/s1. The molecule has 2 aliphatic rings. The molecule has 4 rings (SSSR count). The number of carboxylic acids is 1. The van der Waals surface area contributed by atoms with Crippen molar-refractivity contribution in [3.8, 4) is 0 Å². The van der Waals surface area contributed by atoms with E-state index in [1.54, 1.807) is 34.9 Å². The summed E-state index contributed by atoms with van der Waals surface area (Å²) >= 11 is 16.4. The van der Waals surface area contributed by atoms with Gasteiger partial charge < -0.3 is 15.1 Å². The van der Waals surface area contributed by atoms with Crippen molar-refractivity contribution < 1.29 is 23.1 Å². The average molecular weight is 632 g/mol. The normalized spacial score (nSPS) is 15.4. The Morgan fingerprint density at radius 1 is 1.17 bits per heavy atom. The SMILES string of the molecule is O=C(N[C@@H](Cc1ccc(Cl)c(Cl)c1)C(=O)O)c1ccc(Br)cc1NS(=O)(=O)C1=CC=CN2SNC=C12. The highest BCUT2D eigenvalue weighted by atomic mass is 79.9. The van der Waals surface area contributed by atoms with Gasteiger partial charge in [-0.25, -0.2) is 13.2 Å². The molecule has 0 spiro atoms. The molecule has 0 aromatic heterocycles. The summed E-state index contributed by atoms with van der Waals surface area (Å²) in [6.45, 7) is 0. The van der Waals surface area contributed by atoms with Gasteiger partial charge in [0.05, 0.1) is 39.1 Å². The largest absolute Gasteiger partial charge is 0.480 e. The lowest BCUT2D eigenvalue weighted by Crippen LogP contribution is -2.42. The molecule has 0 bridgehead atoms. The number of nitrogens with zero attached hydrogens (tertiary/aromatic N) is 1. The third-order valence-electron chi connectivity index (χ3n) is 5.09. The summed E-state index contributed by atoms with van der Waals surface area (Å²) in [5.41, 5.74) is 0.885. The minimum atomic E-state index is -4.11. The summed E-state index contributed by atoms with van der Waals surface area (Å²) in [5.74, 6) is -2.05. The molecule has 2 aromatic carbocycles. The van der Waals surface area contributed by atoms with Crippen LogP contribution in [0.5, 0.6) is 0 Å². The van der Waals surface area contributed by atoms with Crippen LogP contribution in [0.1, 0.15) is 15.9 Å². The smallest absolute Gasteiger partial charge is 0.326 e. The summed E-state index contributed by atoms with van der Waals surface area (Å²) in [5, 5.41) is 12.7. The van der Waals surface area contributed by atoms with E-state index in [0.29, 0.717) is 20.8 Å². The Morgan fingerprint density at radius 3 is 2.67 bits per heavy atom. The first-order valence-electron chi connectivity index (χ1n) is 10.2. The van der Waals surface area contributed by atoms with Gasteiger partial charge in [-0.1, -0.05) is 45.2 Å². The lowest BCUT2D eigenvalue weighted by atomic mass is 10.1. The van der Waals surface area contributed by atoms with E-state index in [4.69, 9.17) is 23.2 Å². The molecule has 0 aliphatic carbocycles. The molecule has 0 unspecified atom stereocenters. The molecule has 1 atom stereocenters. The van der Waals surface area contributed by atoms with E-state index in [0.717, 1.165) is 0 Å². The zero-order valence-electron chi connectivity index (χ0n) is 18.0. The number of benzene rings is 2. The van der Waals surface area contributed by atoms with Crippen molar-refractivity contribution in [2.45, 2.75) is 12.5 Å². The quantitative estimate of drug-likeness (QED) is 0.310. The molecule has 1 amide bonds. The fourth-order valence-electron chi connectivity index (χ4n) is 3.40. The number of halogens is 3. The number of fused-ring (bicyclic) bond motifs is 1. The number of allylic oxidation sites excluding steroid dienone is 2. The van der Waals surface area contributed by atoms with Crippen LogP contribution in [0.2, 0.25) is 10.0 Å². The number of hydrogen-bond acceptors (Lipinski definition) is 7. The van der Waals surface area contributed by atoms with Crippen molar-refractivity contribution in [2.75, 3.05) is 4.72 Å². The highest BCUT2D eigenvalue weighted by Crippen LogP contribution is 2.34. The number of carbonyl (C=O) groups is 2. The Bertz CT molecular complexity index is 1450. The van der Waals surface area contributed by atoms with Gasteiger partial charge in [0, 0.05) is 23.3 Å². The fraction of sp³-hybridized carbons (Fsp3) is 0.0909. The van der Waals surface area contributed by atoms with E-state index in [1.807, 2.05) is 0 Å². The van der Waals surface area contributed by atoms with E-state index in [1.165, 1.54) is 42.5 Å². The van der Waals surface area contributed by atoms with Gasteiger partial charge in [-0.05, 0) is 48.0 Å². The van der Waals surface area contributed by atoms with Crippen LogP contribution >= 0.6 is 51.3 Å². The van der Waals surface area contributed by atoms with Gasteiger partial charge in [0.1, 0.15) is 10.9 Å². The topological polar surface area (TPSA) is 128 Å². The minimum absolute atomic E-state index is 0.00290. The monoisotopic (exact) mass is 630 g/mol. The number of rotatable bonds is 8. The predicted molar refractivity (Wildman–Crippen MR) is 144 cm³/mol. The second-order valence-corrected chi connectivity index (χ2v) is 11.7. The maximum Gasteiger partial charge on any atom is 0.326 e. The number of hydrogen-bond donors (Lipinski definition) is 4. The molecule has 2 heterocycles. The number of aliphatic carboxylic acids is 1. The Labute approximate surface area is 229 Å². The lowest BCUT2D eigenvalue weighted by molar-refractivity contribution is -0.139. The summed E-state index contributed by atoms with van der Waals surface area (Å²) in [6, 6.07) is 7.71. The van der Waals surface area contributed by atoms with Gasteiger partial charge in [0.15, 0.2) is 0 Å². The first-order chi connectivity index (χ1) is 17.0. The predicted octanol–water partition coefficient (Wildman–Crippen LogP) is 4.64. The van der Waals surface area contributed by atoms with Crippen LogP contribution in [0.25, 0.3) is 0 Å². The lowest BCUT2D eigenvalue weighted by Gasteiger charge is -2.21. The van der Waals surface area contributed by atoms with Gasteiger partial charge >= 0.3 is 5.97 Å². The second kappa shape index (κ2) is 10.8. The minimum Gasteiger partial charge on any atom is -0.480 e. The van der Waals surface area contributed by atoms with Crippen molar-refractivity contribution in [1.82, 2.24) is 14.3 Å². The van der Waals surface area contributed by atoms with Crippen molar-refractivity contribution in [3.05, 3.63) is 97.2 Å². The first kappa shape index (κ1) is 26.4. The van der Waals surface area contributed by atoms with Crippen LogP contribution in [-0.2, 0) is 21.2 Å². The van der Waals surface area contributed by atoms with Gasteiger partial charge in [0.2, 0.25) is 0 Å². The van der Waals surface area contributed by atoms with Crippen LogP contribution in [-0.4, -0.2) is 35.7 Å². The number of carbonyl (C=O) groups excluding carboxylic acids is 1. The zero-order chi connectivity index (χ0) is 26.0. The molecule has 0 fully saturated rings. The Morgan fingerprint density at radius 2 is 1.94 bits per heavy atom. The molecule has 4 N–H and O–H groups in total. The molecular formula is C22H17BrCl2N4O5S2. The molecule has 0 saturated carbocycles. The van der Waals surface area contributed by atoms with Crippen LogP contribution in [0, 0.1) is 0 Å². The molecule has 188 valence electrons. The molecule has 36 heavy (non-hydrogen) atoms. The van der Waals surface area contributed by atoms with Crippen molar-refractivity contribution in [3.63, 3.8) is 0 Å². The number of anilines is 1. The molecular weight excluding hydrogens is 615 g/mol. The van der Waals surface area contributed by atoms with Gasteiger partial charge in [-0.3, -0.25) is 13.8 Å². The van der Waals surface area contributed by atoms with Crippen LogP contribution in [0.3, 0.4) is 0 Å². The maximum atomic E-state index is 13.2. The summed E-state index contributed by atoms with van der Waals surface area (Å²) in [6.07, 6.45) is 6.21. The van der Waals surface area contributed by atoms with E-state index in [2.05, 4.69) is 30.7 Å². The molecule has 14 heteroatoms. The zero-order valence-corrected chi connectivity index (χ0v) is 22.8. The van der Waals surface area contributed by atoms with Gasteiger partial charge in [-0.2, -0.15) is 0 Å². The van der Waals surface area contributed by atoms with Crippen LogP contribution in [0.15, 0.2) is 76.0 Å². The number of nitrogens with one attached hydrogen (secondary N) is 3. The Hall–Kier alpha value is -2.64. The van der Waals surface area contributed by atoms with Crippen LogP contribution in [0.4, 0.5) is 5.69 Å².